The van der Waals surface area contributed by atoms with Crippen LogP contribution in [-0.4, -0.2) is 30.7 Å². The third-order valence-corrected chi connectivity index (χ3v) is 3.40. The fourth-order valence-corrected chi connectivity index (χ4v) is 2.05. The zero-order chi connectivity index (χ0) is 17.5. The van der Waals surface area contributed by atoms with Gasteiger partial charge < -0.3 is 19.9 Å². The van der Waals surface area contributed by atoms with Gasteiger partial charge in [-0.05, 0) is 35.9 Å². The van der Waals surface area contributed by atoms with Crippen molar-refractivity contribution in [2.24, 2.45) is 0 Å². The van der Waals surface area contributed by atoms with Crippen molar-refractivity contribution in [1.82, 2.24) is 5.32 Å². The second-order valence-corrected chi connectivity index (χ2v) is 5.30. The van der Waals surface area contributed by atoms with E-state index in [-0.39, 0.29) is 11.3 Å². The third kappa shape index (κ3) is 4.89. The van der Waals surface area contributed by atoms with E-state index >= 15 is 0 Å². The fraction of sp³-hybridized carbons (Fsp3) is 0.176. The molecule has 7 heteroatoms. The monoisotopic (exact) mass is 349 g/mol. The Morgan fingerprint density at radius 1 is 1.17 bits per heavy atom. The van der Waals surface area contributed by atoms with Gasteiger partial charge in [0.15, 0.2) is 6.61 Å². The van der Waals surface area contributed by atoms with Gasteiger partial charge in [0, 0.05) is 11.6 Å². The van der Waals surface area contributed by atoms with Crippen LogP contribution in [0.5, 0.6) is 11.5 Å². The van der Waals surface area contributed by atoms with Crippen LogP contribution in [0, 0.1) is 0 Å². The number of methoxy groups -OCH3 is 1. The molecule has 0 atom stereocenters. The number of phenolic OH excluding ortho intramolecular Hbond substituents is 1. The van der Waals surface area contributed by atoms with Gasteiger partial charge >= 0.3 is 5.97 Å². The van der Waals surface area contributed by atoms with Crippen molar-refractivity contribution in [2.75, 3.05) is 13.7 Å². The van der Waals surface area contributed by atoms with Crippen LogP contribution in [0.3, 0.4) is 0 Å². The fourth-order valence-electron chi connectivity index (χ4n) is 1.88. The molecule has 0 aromatic heterocycles. The van der Waals surface area contributed by atoms with E-state index in [0.29, 0.717) is 11.6 Å². The lowest BCUT2D eigenvalue weighted by molar-refractivity contribution is -0.124. The first-order valence-corrected chi connectivity index (χ1v) is 7.42. The van der Waals surface area contributed by atoms with Crippen LogP contribution >= 0.6 is 11.6 Å². The van der Waals surface area contributed by atoms with Crippen LogP contribution in [-0.2, 0) is 16.1 Å². The number of esters is 1. The molecule has 2 aromatic rings. The number of halogens is 1. The number of phenols is 1. The van der Waals surface area contributed by atoms with Crippen molar-refractivity contribution in [3.63, 3.8) is 0 Å². The van der Waals surface area contributed by atoms with Gasteiger partial charge in [-0.1, -0.05) is 23.7 Å². The van der Waals surface area contributed by atoms with Gasteiger partial charge in [0.1, 0.15) is 17.1 Å². The summed E-state index contributed by atoms with van der Waals surface area (Å²) >= 11 is 5.68. The number of carbonyl (C=O) groups is 2. The predicted octanol–water partition coefficient (Wildman–Crippen LogP) is 2.53. The molecule has 0 radical (unpaired) electrons. The van der Waals surface area contributed by atoms with Gasteiger partial charge in [-0.25, -0.2) is 4.79 Å². The van der Waals surface area contributed by atoms with E-state index in [4.69, 9.17) is 21.1 Å². The lowest BCUT2D eigenvalue weighted by Gasteiger charge is -2.08. The van der Waals surface area contributed by atoms with Crippen LogP contribution in [0.25, 0.3) is 0 Å². The summed E-state index contributed by atoms with van der Waals surface area (Å²) in [5.74, 6) is -0.829. The van der Waals surface area contributed by atoms with Crippen LogP contribution in [0.2, 0.25) is 5.02 Å². The molecule has 6 nitrogen and oxygen atoms in total. The number of carbonyl (C=O) groups excluding carboxylic acids is 2. The third-order valence-electron chi connectivity index (χ3n) is 3.16. The summed E-state index contributed by atoms with van der Waals surface area (Å²) in [6.07, 6.45) is 0. The number of nitrogens with one attached hydrogen (secondary N) is 1. The van der Waals surface area contributed by atoms with Crippen molar-refractivity contribution in [3.05, 3.63) is 58.6 Å². The van der Waals surface area contributed by atoms with E-state index in [1.54, 1.807) is 19.2 Å². The smallest absolute Gasteiger partial charge is 0.342 e. The van der Waals surface area contributed by atoms with E-state index in [9.17, 15) is 14.7 Å². The lowest BCUT2D eigenvalue weighted by atomic mass is 10.2. The van der Waals surface area contributed by atoms with Crippen LogP contribution in [0.15, 0.2) is 42.5 Å². The molecule has 126 valence electrons. The number of benzene rings is 2. The van der Waals surface area contributed by atoms with Gasteiger partial charge in [0.05, 0.1) is 7.11 Å². The summed E-state index contributed by atoms with van der Waals surface area (Å²) in [5, 5.41) is 12.5. The standard InChI is InChI=1S/C17H16ClNO5/c1-23-13-5-2-11(3-6-13)9-19-16(21)10-24-17(22)14-7-4-12(18)8-15(14)20/h2-8,20H,9-10H2,1H3,(H,19,21). The van der Waals surface area contributed by atoms with Crippen molar-refractivity contribution < 1.29 is 24.2 Å². The first-order valence-electron chi connectivity index (χ1n) is 7.05. The van der Waals surface area contributed by atoms with Crippen molar-refractivity contribution in [2.45, 2.75) is 6.54 Å². The predicted molar refractivity (Wildman–Crippen MR) is 88.2 cm³/mol. The highest BCUT2D eigenvalue weighted by atomic mass is 35.5. The normalized spacial score (nSPS) is 10.1. The molecular formula is C17H16ClNO5. The first kappa shape index (κ1) is 17.6. The molecule has 1 amide bonds. The largest absolute Gasteiger partial charge is 0.507 e. The number of hydrogen-bond acceptors (Lipinski definition) is 5. The average molecular weight is 350 g/mol. The topological polar surface area (TPSA) is 84.9 Å². The van der Waals surface area contributed by atoms with Crippen molar-refractivity contribution in [3.8, 4) is 11.5 Å². The van der Waals surface area contributed by atoms with E-state index in [2.05, 4.69) is 5.32 Å². The highest BCUT2D eigenvalue weighted by Crippen LogP contribution is 2.22. The lowest BCUT2D eigenvalue weighted by Crippen LogP contribution is -2.28. The molecule has 0 fully saturated rings. The molecular weight excluding hydrogens is 334 g/mol. The van der Waals surface area contributed by atoms with Crippen LogP contribution in [0.4, 0.5) is 0 Å². The number of rotatable bonds is 6. The van der Waals surface area contributed by atoms with E-state index in [1.807, 2.05) is 12.1 Å². The highest BCUT2D eigenvalue weighted by Gasteiger charge is 2.14. The van der Waals surface area contributed by atoms with Crippen LogP contribution < -0.4 is 10.1 Å². The molecule has 2 aromatic carbocycles. The molecule has 0 spiro atoms. The Balaban J connectivity index is 1.80. The molecule has 0 saturated carbocycles. The van der Waals surface area contributed by atoms with Gasteiger partial charge in [0.2, 0.25) is 0 Å². The summed E-state index contributed by atoms with van der Waals surface area (Å²) < 4.78 is 9.91. The Morgan fingerprint density at radius 2 is 1.88 bits per heavy atom. The van der Waals surface area contributed by atoms with Gasteiger partial charge in [-0.3, -0.25) is 4.79 Å². The summed E-state index contributed by atoms with van der Waals surface area (Å²) in [5.41, 5.74) is 0.827. The Labute approximate surface area is 144 Å². The maximum atomic E-state index is 11.8. The summed E-state index contributed by atoms with van der Waals surface area (Å²) in [6.45, 7) is -0.149. The van der Waals surface area contributed by atoms with E-state index in [0.717, 1.165) is 11.3 Å². The summed E-state index contributed by atoms with van der Waals surface area (Å²) in [6, 6.07) is 11.2. The molecule has 0 aliphatic rings. The van der Waals surface area contributed by atoms with Crippen molar-refractivity contribution in [1.29, 1.82) is 0 Å². The number of aromatic hydroxyl groups is 1. The summed E-state index contributed by atoms with van der Waals surface area (Å²) in [4.78, 5) is 23.5. The van der Waals surface area contributed by atoms with E-state index in [1.165, 1.54) is 18.2 Å². The molecule has 0 heterocycles. The zero-order valence-corrected chi connectivity index (χ0v) is 13.7. The second kappa shape index (κ2) is 8.21. The van der Waals surface area contributed by atoms with Crippen LogP contribution in [0.1, 0.15) is 15.9 Å². The minimum Gasteiger partial charge on any atom is -0.507 e. The SMILES string of the molecule is COc1ccc(CNC(=O)COC(=O)c2ccc(Cl)cc2O)cc1. The minimum absolute atomic E-state index is 0.0534. The first-order chi connectivity index (χ1) is 11.5. The Morgan fingerprint density at radius 3 is 2.50 bits per heavy atom. The van der Waals surface area contributed by atoms with Crippen molar-refractivity contribution >= 4 is 23.5 Å². The Kier molecular flexibility index (Phi) is 6.03. The molecule has 0 unspecified atom stereocenters. The molecule has 0 bridgehead atoms. The number of amides is 1. The van der Waals surface area contributed by atoms with Gasteiger partial charge in [0.25, 0.3) is 5.91 Å². The minimum atomic E-state index is -0.802. The molecule has 2 N–H and O–H groups in total. The van der Waals surface area contributed by atoms with E-state index < -0.39 is 18.5 Å². The second-order valence-electron chi connectivity index (χ2n) is 4.86. The quantitative estimate of drug-likeness (QED) is 0.783. The zero-order valence-electron chi connectivity index (χ0n) is 12.9. The maximum Gasteiger partial charge on any atom is 0.342 e. The molecule has 2 rings (SSSR count). The maximum absolute atomic E-state index is 11.8. The van der Waals surface area contributed by atoms with Gasteiger partial charge in [-0.2, -0.15) is 0 Å². The Bertz CT molecular complexity index is 730. The molecule has 0 saturated heterocycles. The average Bonchev–Trinajstić information content (AvgIpc) is 2.58. The van der Waals surface area contributed by atoms with Gasteiger partial charge in [-0.15, -0.1) is 0 Å². The molecule has 0 aliphatic heterocycles. The summed E-state index contributed by atoms with van der Waals surface area (Å²) in [7, 11) is 1.57. The Hall–Kier alpha value is -2.73. The number of ether oxygens (including phenoxy) is 2. The number of hydrogen-bond donors (Lipinski definition) is 2. The highest BCUT2D eigenvalue weighted by molar-refractivity contribution is 6.30. The molecule has 0 aliphatic carbocycles. The molecule has 24 heavy (non-hydrogen) atoms.